The van der Waals surface area contributed by atoms with E-state index in [9.17, 15) is 18.3 Å². The number of halogens is 5. The van der Waals surface area contributed by atoms with Gasteiger partial charge in [0, 0.05) is 12.1 Å². The number of alkyl halides is 1. The molecule has 25 heavy (non-hydrogen) atoms. The van der Waals surface area contributed by atoms with E-state index in [1.165, 1.54) is 33.5 Å². The fraction of sp³-hybridized carbons (Fsp3) is 0.250. The fourth-order valence-electron chi connectivity index (χ4n) is 1.58. The summed E-state index contributed by atoms with van der Waals surface area (Å²) >= 11 is 6.12. The number of rotatable bonds is 3. The van der Waals surface area contributed by atoms with Crippen LogP contribution < -0.4 is 14.2 Å². The predicted molar refractivity (Wildman–Crippen MR) is 96.6 cm³/mol. The van der Waals surface area contributed by atoms with Crippen molar-refractivity contribution in [1.82, 2.24) is 0 Å². The van der Waals surface area contributed by atoms with Crippen molar-refractivity contribution in [3.63, 3.8) is 0 Å². The lowest BCUT2D eigenvalue weighted by Crippen LogP contribution is -1.92. The maximum atomic E-state index is 12.8. The highest BCUT2D eigenvalue weighted by atomic mass is 79.9. The van der Waals surface area contributed by atoms with Crippen LogP contribution in [0.3, 0.4) is 0 Å². The molecular weight excluding hydrogens is 473 g/mol. The average Bonchev–Trinajstić information content (AvgIpc) is 2.58. The maximum absolute atomic E-state index is 12.8. The molecule has 0 unspecified atom stereocenters. The van der Waals surface area contributed by atoms with E-state index in [4.69, 9.17) is 10.8 Å². The van der Waals surface area contributed by atoms with Crippen LogP contribution in [0.25, 0.3) is 0 Å². The molecule has 0 aromatic heterocycles. The minimum Gasteiger partial charge on any atom is -0.503 e. The molecule has 0 radical (unpaired) electrons. The quantitative estimate of drug-likeness (QED) is 0.617. The summed E-state index contributed by atoms with van der Waals surface area (Å²) in [5.41, 5.74) is 0. The first-order chi connectivity index (χ1) is 12.2. The van der Waals surface area contributed by atoms with Crippen LogP contribution in [0.4, 0.5) is 13.2 Å². The molecule has 0 atom stereocenters. The van der Waals surface area contributed by atoms with Crippen molar-refractivity contribution < 1.29 is 33.9 Å². The number of aromatic hydroxyl groups is 1. The summed E-state index contributed by atoms with van der Waals surface area (Å²) in [6, 6.07) is 4.86. The zero-order valence-corrected chi connectivity index (χ0v) is 16.8. The molecule has 0 aliphatic heterocycles. The van der Waals surface area contributed by atoms with Gasteiger partial charge in [-0.25, -0.2) is 8.78 Å². The number of hydrogen-bond acceptors (Lipinski definition) is 4. The molecule has 0 heterocycles. The Bertz CT molecular complexity index is 706. The summed E-state index contributed by atoms with van der Waals surface area (Å²) in [5.74, 6) is 0.0973. The van der Waals surface area contributed by atoms with Gasteiger partial charge in [-0.05, 0) is 44.0 Å². The molecule has 0 saturated heterocycles. The Hall–Kier alpha value is -1.61. The monoisotopic (exact) mass is 489 g/mol. The van der Waals surface area contributed by atoms with Gasteiger partial charge in [-0.3, -0.25) is 4.39 Å². The van der Waals surface area contributed by atoms with Crippen LogP contribution in [-0.4, -0.2) is 33.6 Å². The molecule has 4 nitrogen and oxygen atoms in total. The highest BCUT2D eigenvalue weighted by molar-refractivity contribution is 9.10. The Balaban J connectivity index is 0.000000419. The van der Waals surface area contributed by atoms with E-state index < -0.39 is 13.0 Å². The van der Waals surface area contributed by atoms with E-state index in [0.29, 0.717) is 16.0 Å². The lowest BCUT2D eigenvalue weighted by atomic mass is 10.3. The minimum absolute atomic E-state index is 0.0890. The molecule has 140 valence electrons. The largest absolute Gasteiger partial charge is 0.503 e. The predicted octanol–water partition coefficient (Wildman–Crippen LogP) is 5.49. The zero-order valence-electron chi connectivity index (χ0n) is 14.6. The van der Waals surface area contributed by atoms with Crippen LogP contribution >= 0.6 is 31.9 Å². The van der Waals surface area contributed by atoms with Gasteiger partial charge in [-0.2, -0.15) is 0 Å². The molecule has 0 aliphatic carbocycles. The standard InChI is InChI=1S/C8H8BrFO2.C7H6BrFO2.CH3F/c1-11-7-4-5(10)3-6(9)8(7)12-2;1-11-6-3-4(9)2-5(8)7(6)10;1-2/h3-4H,1-2H3;2-3,10H,1H3;1H3/i;;1D. The van der Waals surface area contributed by atoms with Crippen LogP contribution in [0.1, 0.15) is 1.37 Å². The Morgan fingerprint density at radius 2 is 1.32 bits per heavy atom. The van der Waals surface area contributed by atoms with Gasteiger partial charge in [0.1, 0.15) is 11.6 Å². The van der Waals surface area contributed by atoms with Crippen LogP contribution in [0, 0.1) is 11.6 Å². The molecule has 2 aromatic carbocycles. The summed E-state index contributed by atoms with van der Waals surface area (Å²) in [6.45, 7) is 0. The second kappa shape index (κ2) is 11.9. The number of benzene rings is 2. The highest BCUT2D eigenvalue weighted by Crippen LogP contribution is 2.35. The van der Waals surface area contributed by atoms with Crippen molar-refractivity contribution in [3.05, 3.63) is 44.8 Å². The summed E-state index contributed by atoms with van der Waals surface area (Å²) in [6.07, 6.45) is 0. The summed E-state index contributed by atoms with van der Waals surface area (Å²) in [5, 5.41) is 9.18. The summed E-state index contributed by atoms with van der Waals surface area (Å²) in [4.78, 5) is 0. The molecule has 0 spiro atoms. The van der Waals surface area contributed by atoms with Crippen molar-refractivity contribution >= 4 is 31.9 Å². The Morgan fingerprint density at radius 1 is 0.880 bits per heavy atom. The second-order valence-electron chi connectivity index (χ2n) is 4.06. The van der Waals surface area contributed by atoms with Crippen LogP contribution in [0.15, 0.2) is 33.2 Å². The van der Waals surface area contributed by atoms with Gasteiger partial charge >= 0.3 is 0 Å². The number of hydrogen-bond donors (Lipinski definition) is 1. The van der Waals surface area contributed by atoms with Crippen molar-refractivity contribution in [1.29, 1.82) is 0 Å². The Kier molecular flexibility index (Phi) is 10.2. The van der Waals surface area contributed by atoms with E-state index in [-0.39, 0.29) is 21.8 Å². The lowest BCUT2D eigenvalue weighted by molar-refractivity contribution is 0.350. The highest BCUT2D eigenvalue weighted by Gasteiger charge is 2.09. The van der Waals surface area contributed by atoms with E-state index in [2.05, 4.69) is 36.6 Å². The molecule has 2 rings (SSSR count). The molecule has 0 amide bonds. The second-order valence-corrected chi connectivity index (χ2v) is 5.77. The normalized spacial score (nSPS) is 9.68. The average molecular weight is 491 g/mol. The van der Waals surface area contributed by atoms with Gasteiger partial charge in [0.15, 0.2) is 23.0 Å². The SMILES string of the molecule is COc1cc(F)cc(Br)c1O.COc1cc(F)cc(Br)c1OC.[2H]CF. The van der Waals surface area contributed by atoms with Gasteiger partial charge in [-0.1, -0.05) is 0 Å². The van der Waals surface area contributed by atoms with E-state index >= 15 is 0 Å². The van der Waals surface area contributed by atoms with E-state index in [0.717, 1.165) is 12.1 Å². The van der Waals surface area contributed by atoms with E-state index in [1.807, 2.05) is 0 Å². The summed E-state index contributed by atoms with van der Waals surface area (Å²) < 4.78 is 56.2. The molecule has 0 bridgehead atoms. The van der Waals surface area contributed by atoms with Crippen molar-refractivity contribution in [2.24, 2.45) is 0 Å². The topological polar surface area (TPSA) is 47.9 Å². The smallest absolute Gasteiger partial charge is 0.175 e. The first-order valence-corrected chi connectivity index (χ1v) is 7.98. The minimum atomic E-state index is -1.00. The Labute approximate surface area is 162 Å². The van der Waals surface area contributed by atoms with Gasteiger partial charge in [0.25, 0.3) is 0 Å². The molecule has 9 heteroatoms. The van der Waals surface area contributed by atoms with Crippen molar-refractivity contribution in [2.75, 3.05) is 28.5 Å². The molecule has 0 aliphatic rings. The van der Waals surface area contributed by atoms with Gasteiger partial charge < -0.3 is 19.3 Å². The maximum Gasteiger partial charge on any atom is 0.175 e. The van der Waals surface area contributed by atoms with Crippen molar-refractivity contribution in [2.45, 2.75) is 0 Å². The third-order valence-corrected chi connectivity index (χ3v) is 3.80. The first-order valence-electron chi connectivity index (χ1n) is 7.10. The molecule has 2 aromatic rings. The van der Waals surface area contributed by atoms with Crippen LogP contribution in [0.2, 0.25) is 0 Å². The lowest BCUT2D eigenvalue weighted by Gasteiger charge is -2.08. The molecule has 0 saturated carbocycles. The van der Waals surface area contributed by atoms with Gasteiger partial charge in [0.2, 0.25) is 0 Å². The first kappa shape index (κ1) is 21.4. The van der Waals surface area contributed by atoms with Crippen molar-refractivity contribution in [3.8, 4) is 23.0 Å². The third-order valence-electron chi connectivity index (χ3n) is 2.61. The molecular formula is C16H17Br2F3O4. The molecule has 0 fully saturated rings. The Morgan fingerprint density at radius 3 is 1.76 bits per heavy atom. The zero-order chi connectivity index (χ0) is 20.3. The number of methoxy groups -OCH3 is 3. The van der Waals surface area contributed by atoms with Crippen LogP contribution in [0.5, 0.6) is 23.0 Å². The van der Waals surface area contributed by atoms with Crippen LogP contribution in [-0.2, 0) is 0 Å². The third kappa shape index (κ3) is 7.03. The summed E-state index contributed by atoms with van der Waals surface area (Å²) in [7, 11) is 3.32. The van der Waals surface area contributed by atoms with E-state index in [1.54, 1.807) is 0 Å². The number of phenolic OH excluding ortho intramolecular Hbond substituents is 1. The van der Waals surface area contributed by atoms with Gasteiger partial charge in [0.05, 0.1) is 38.8 Å². The molecule has 1 N–H and O–H groups in total. The number of ether oxygens (including phenoxy) is 3. The fourth-order valence-corrected chi connectivity index (χ4v) is 2.57. The van der Waals surface area contributed by atoms with Gasteiger partial charge in [-0.15, -0.1) is 0 Å². The number of phenols is 1.